The Bertz CT molecular complexity index is 672. The van der Waals surface area contributed by atoms with Crippen molar-refractivity contribution in [1.82, 2.24) is 5.32 Å². The maximum atomic E-state index is 13.9. The van der Waals surface area contributed by atoms with Crippen molar-refractivity contribution in [3.8, 4) is 0 Å². The van der Waals surface area contributed by atoms with Gasteiger partial charge in [-0.3, -0.25) is 4.79 Å². The molecule has 2 N–H and O–H groups in total. The molecule has 1 aliphatic heterocycles. The van der Waals surface area contributed by atoms with Crippen LogP contribution < -0.4 is 5.32 Å². The molecule has 0 atom stereocenters. The van der Waals surface area contributed by atoms with Gasteiger partial charge in [-0.25, -0.2) is 4.39 Å². The zero-order valence-corrected chi connectivity index (χ0v) is 15.4. The van der Waals surface area contributed by atoms with Gasteiger partial charge in [-0.15, -0.1) is 0 Å². The van der Waals surface area contributed by atoms with Gasteiger partial charge in [-0.2, -0.15) is 0 Å². The smallest absolute Gasteiger partial charge is 0.400 e. The number of aliphatic hydroxyl groups is 1. The van der Waals surface area contributed by atoms with Crippen LogP contribution >= 0.6 is 0 Å². The van der Waals surface area contributed by atoms with E-state index in [9.17, 15) is 9.18 Å². The minimum atomic E-state index is -0.641. The molecule has 0 spiro atoms. The quantitative estimate of drug-likeness (QED) is 0.802. The van der Waals surface area contributed by atoms with Gasteiger partial charge in [0.1, 0.15) is 5.82 Å². The van der Waals surface area contributed by atoms with Crippen molar-refractivity contribution in [2.24, 2.45) is 0 Å². The number of aliphatic hydroxyl groups excluding tert-OH is 1. The summed E-state index contributed by atoms with van der Waals surface area (Å²) >= 11 is 0. The third-order valence-electron chi connectivity index (χ3n) is 4.70. The van der Waals surface area contributed by atoms with Gasteiger partial charge in [0.2, 0.25) is 5.91 Å². The van der Waals surface area contributed by atoms with E-state index in [1.54, 1.807) is 12.1 Å². The zero-order chi connectivity index (χ0) is 18.8. The molecular formula is C18H25BFNO4. The van der Waals surface area contributed by atoms with Gasteiger partial charge in [0.05, 0.1) is 17.8 Å². The molecule has 0 aliphatic carbocycles. The van der Waals surface area contributed by atoms with Crippen LogP contribution in [-0.4, -0.2) is 35.9 Å². The number of rotatable bonds is 5. The molecule has 0 unspecified atom stereocenters. The van der Waals surface area contributed by atoms with Gasteiger partial charge in [-0.1, -0.05) is 18.2 Å². The lowest BCUT2D eigenvalue weighted by Crippen LogP contribution is -2.41. The lowest BCUT2D eigenvalue weighted by atomic mass is 9.77. The van der Waals surface area contributed by atoms with Crippen molar-refractivity contribution in [1.29, 1.82) is 0 Å². The average molecular weight is 349 g/mol. The van der Waals surface area contributed by atoms with E-state index in [4.69, 9.17) is 14.4 Å². The Labute approximate surface area is 148 Å². The molecule has 1 aromatic carbocycles. The molecule has 1 fully saturated rings. The van der Waals surface area contributed by atoms with Gasteiger partial charge in [0.15, 0.2) is 0 Å². The second-order valence-corrected chi connectivity index (χ2v) is 7.23. The van der Waals surface area contributed by atoms with E-state index in [-0.39, 0.29) is 24.6 Å². The third-order valence-corrected chi connectivity index (χ3v) is 4.70. The first-order valence-corrected chi connectivity index (χ1v) is 8.25. The minimum Gasteiger partial charge on any atom is -0.400 e. The molecular weight excluding hydrogens is 324 g/mol. The number of amides is 1. The van der Waals surface area contributed by atoms with Gasteiger partial charge < -0.3 is 19.7 Å². The molecule has 0 saturated carbocycles. The molecule has 0 radical (unpaired) electrons. The predicted octanol–water partition coefficient (Wildman–Crippen LogP) is 2.47. The minimum absolute atomic E-state index is 0.177. The van der Waals surface area contributed by atoms with Crippen LogP contribution in [-0.2, 0) is 20.7 Å². The highest BCUT2D eigenvalue weighted by molar-refractivity contribution is 6.56. The predicted molar refractivity (Wildman–Crippen MR) is 95.1 cm³/mol. The van der Waals surface area contributed by atoms with Crippen LogP contribution in [0.5, 0.6) is 0 Å². The zero-order valence-electron chi connectivity index (χ0n) is 15.4. The first-order valence-electron chi connectivity index (χ1n) is 8.25. The Kier molecular flexibility index (Phi) is 5.71. The summed E-state index contributed by atoms with van der Waals surface area (Å²) in [5.74, 6) is -0.659. The van der Waals surface area contributed by atoms with E-state index < -0.39 is 24.1 Å². The summed E-state index contributed by atoms with van der Waals surface area (Å²) in [6.45, 7) is 9.08. The summed E-state index contributed by atoms with van der Waals surface area (Å²) in [5, 5.41) is 11.8. The van der Waals surface area contributed by atoms with Crippen molar-refractivity contribution < 1.29 is 23.6 Å². The topological polar surface area (TPSA) is 67.8 Å². The second-order valence-electron chi connectivity index (χ2n) is 7.23. The number of carbonyl (C=O) groups is 1. The highest BCUT2D eigenvalue weighted by Gasteiger charge is 2.52. The molecule has 0 aromatic heterocycles. The Morgan fingerprint density at radius 3 is 2.36 bits per heavy atom. The molecule has 1 saturated heterocycles. The first-order chi connectivity index (χ1) is 11.6. The molecule has 7 heteroatoms. The normalized spacial score (nSPS) is 19.2. The van der Waals surface area contributed by atoms with Gasteiger partial charge >= 0.3 is 7.12 Å². The Morgan fingerprint density at radius 1 is 1.28 bits per heavy atom. The standard InChI is InChI=1S/C18H25BFNO4/c1-12(23)21-10-15(19-24-17(2,3)18(4,5)25-19)8-13-6-7-14(11-22)16(20)9-13/h6-9,22H,10-11H2,1-5H3,(H,21,23). The monoisotopic (exact) mass is 349 g/mol. The van der Waals surface area contributed by atoms with Crippen molar-refractivity contribution >= 4 is 19.1 Å². The van der Waals surface area contributed by atoms with Gasteiger partial charge in [-0.05, 0) is 44.8 Å². The van der Waals surface area contributed by atoms with Crippen LogP contribution in [0.3, 0.4) is 0 Å². The van der Waals surface area contributed by atoms with Crippen LogP contribution in [0.15, 0.2) is 23.7 Å². The van der Waals surface area contributed by atoms with E-state index in [0.29, 0.717) is 11.0 Å². The molecule has 136 valence electrons. The summed E-state index contributed by atoms with van der Waals surface area (Å²) in [6.07, 6.45) is 1.74. The molecule has 1 heterocycles. The lowest BCUT2D eigenvalue weighted by Gasteiger charge is -2.32. The lowest BCUT2D eigenvalue weighted by molar-refractivity contribution is -0.118. The van der Waals surface area contributed by atoms with Crippen LogP contribution in [0.4, 0.5) is 4.39 Å². The molecule has 1 amide bonds. The number of benzene rings is 1. The number of hydrogen-bond donors (Lipinski definition) is 2. The van der Waals surface area contributed by atoms with Crippen molar-refractivity contribution in [3.63, 3.8) is 0 Å². The Morgan fingerprint density at radius 2 is 1.88 bits per heavy atom. The fourth-order valence-electron chi connectivity index (χ4n) is 2.42. The van der Waals surface area contributed by atoms with E-state index in [1.165, 1.54) is 19.1 Å². The molecule has 5 nitrogen and oxygen atoms in total. The average Bonchev–Trinajstić information content (AvgIpc) is 2.71. The Balaban J connectivity index is 2.33. The SMILES string of the molecule is CC(=O)NCC(=Cc1ccc(CO)c(F)c1)B1OC(C)(C)C(C)(C)O1. The fraction of sp³-hybridized carbons (Fsp3) is 0.500. The summed E-state index contributed by atoms with van der Waals surface area (Å²) in [7, 11) is -0.641. The number of nitrogens with one attached hydrogen (secondary N) is 1. The highest BCUT2D eigenvalue weighted by atomic mass is 19.1. The van der Waals surface area contributed by atoms with E-state index >= 15 is 0 Å². The fourth-order valence-corrected chi connectivity index (χ4v) is 2.42. The van der Waals surface area contributed by atoms with Crippen LogP contribution in [0.2, 0.25) is 0 Å². The molecule has 1 aliphatic rings. The number of carbonyl (C=O) groups excluding carboxylic acids is 1. The van der Waals surface area contributed by atoms with Crippen LogP contribution in [0.25, 0.3) is 6.08 Å². The van der Waals surface area contributed by atoms with E-state index in [0.717, 1.165) is 0 Å². The molecule has 0 bridgehead atoms. The maximum absolute atomic E-state index is 13.9. The maximum Gasteiger partial charge on any atom is 0.492 e. The number of hydrogen-bond acceptors (Lipinski definition) is 4. The first kappa shape index (κ1) is 19.6. The molecule has 2 rings (SSSR count). The molecule has 1 aromatic rings. The summed E-state index contributed by atoms with van der Waals surface area (Å²) in [4.78, 5) is 11.3. The van der Waals surface area contributed by atoms with Crippen molar-refractivity contribution in [2.75, 3.05) is 6.54 Å². The third kappa shape index (κ3) is 4.48. The van der Waals surface area contributed by atoms with Crippen LogP contribution in [0.1, 0.15) is 45.7 Å². The largest absolute Gasteiger partial charge is 0.492 e. The summed E-state index contributed by atoms with van der Waals surface area (Å²) < 4.78 is 26.0. The van der Waals surface area contributed by atoms with E-state index in [2.05, 4.69) is 5.32 Å². The Hall–Kier alpha value is -1.70. The van der Waals surface area contributed by atoms with Gasteiger partial charge in [0.25, 0.3) is 0 Å². The molecule has 25 heavy (non-hydrogen) atoms. The van der Waals surface area contributed by atoms with E-state index in [1.807, 2.05) is 27.7 Å². The second kappa shape index (κ2) is 7.27. The van der Waals surface area contributed by atoms with Crippen molar-refractivity contribution in [2.45, 2.75) is 52.4 Å². The van der Waals surface area contributed by atoms with Crippen molar-refractivity contribution in [3.05, 3.63) is 40.6 Å². The summed E-state index contributed by atoms with van der Waals surface area (Å²) in [5.41, 5.74) is 0.490. The summed E-state index contributed by atoms with van der Waals surface area (Å²) in [6, 6.07) is 4.57. The number of halogens is 1. The highest BCUT2D eigenvalue weighted by Crippen LogP contribution is 2.38. The van der Waals surface area contributed by atoms with Gasteiger partial charge in [0, 0.05) is 19.0 Å². The van der Waals surface area contributed by atoms with Crippen LogP contribution in [0, 0.1) is 5.82 Å².